The van der Waals surface area contributed by atoms with E-state index in [0.29, 0.717) is 11.1 Å². The molecule has 0 aliphatic heterocycles. The molecule has 4 nitrogen and oxygen atoms in total. The lowest BCUT2D eigenvalue weighted by Gasteiger charge is -2.08. The van der Waals surface area contributed by atoms with Gasteiger partial charge in [0.25, 0.3) is 0 Å². The zero-order valence-corrected chi connectivity index (χ0v) is 10.2. The molecule has 0 bridgehead atoms. The van der Waals surface area contributed by atoms with E-state index in [1.165, 1.54) is 25.3 Å². The molecule has 0 atom stereocenters. The molecular weight excluding hydrogens is 249 g/mol. The minimum Gasteiger partial charge on any atom is -0.505 e. The van der Waals surface area contributed by atoms with Gasteiger partial charge in [-0.05, 0) is 35.4 Å². The molecule has 0 unspecified atom stereocenters. The summed E-state index contributed by atoms with van der Waals surface area (Å²) in [7, 11) is 1.26. The summed E-state index contributed by atoms with van der Waals surface area (Å²) in [5.74, 6) is -1.71. The van der Waals surface area contributed by atoms with Crippen molar-refractivity contribution < 1.29 is 19.0 Å². The number of hydrogen-bond acceptors (Lipinski definition) is 4. The lowest BCUT2D eigenvalue weighted by atomic mass is 10.0. The molecule has 98 valence electrons. The molecule has 0 aromatic heterocycles. The van der Waals surface area contributed by atoms with Crippen LogP contribution in [0.25, 0.3) is 11.1 Å². The Labute approximate surface area is 109 Å². The molecule has 2 aromatic rings. The van der Waals surface area contributed by atoms with E-state index < -0.39 is 17.5 Å². The molecule has 2 rings (SSSR count). The molecule has 5 heteroatoms. The number of ether oxygens (including phenoxy) is 1. The highest BCUT2D eigenvalue weighted by Gasteiger charge is 2.12. The largest absolute Gasteiger partial charge is 0.505 e. The molecule has 0 amide bonds. The second kappa shape index (κ2) is 4.97. The standard InChI is InChI=1S/C14H12FNO3/c1-19-14(18)10-6-8(2-4-12(10)16)9-3-5-13(17)11(15)7-9/h2-7,17H,16H2,1H3. The van der Waals surface area contributed by atoms with E-state index in [1.807, 2.05) is 0 Å². The van der Waals surface area contributed by atoms with Gasteiger partial charge < -0.3 is 15.6 Å². The average Bonchev–Trinajstić information content (AvgIpc) is 2.41. The third kappa shape index (κ3) is 2.49. The summed E-state index contributed by atoms with van der Waals surface area (Å²) >= 11 is 0. The van der Waals surface area contributed by atoms with Crippen molar-refractivity contribution in [3.8, 4) is 16.9 Å². The first kappa shape index (κ1) is 12.9. The fraction of sp³-hybridized carbons (Fsp3) is 0.0714. The molecule has 0 saturated heterocycles. The topological polar surface area (TPSA) is 72.5 Å². The van der Waals surface area contributed by atoms with Crippen LogP contribution >= 0.6 is 0 Å². The summed E-state index contributed by atoms with van der Waals surface area (Å²) in [6.45, 7) is 0. The fourth-order valence-corrected chi connectivity index (χ4v) is 1.71. The maximum atomic E-state index is 13.3. The number of phenolic OH excluding ortho intramolecular Hbond substituents is 1. The van der Waals surface area contributed by atoms with Gasteiger partial charge in [0.15, 0.2) is 11.6 Å². The summed E-state index contributed by atoms with van der Waals surface area (Å²) in [6, 6.07) is 8.71. The van der Waals surface area contributed by atoms with Crippen molar-refractivity contribution in [3.05, 3.63) is 47.8 Å². The van der Waals surface area contributed by atoms with Gasteiger partial charge >= 0.3 is 5.97 Å². The Morgan fingerprint density at radius 2 is 1.84 bits per heavy atom. The highest BCUT2D eigenvalue weighted by Crippen LogP contribution is 2.27. The maximum Gasteiger partial charge on any atom is 0.339 e. The van der Waals surface area contributed by atoms with E-state index in [-0.39, 0.29) is 11.3 Å². The number of halogens is 1. The quantitative estimate of drug-likeness (QED) is 0.643. The number of phenols is 1. The Kier molecular flexibility index (Phi) is 3.37. The Bertz CT molecular complexity index is 641. The van der Waals surface area contributed by atoms with E-state index >= 15 is 0 Å². The van der Waals surface area contributed by atoms with Crippen LogP contribution in [0.1, 0.15) is 10.4 Å². The zero-order valence-electron chi connectivity index (χ0n) is 10.2. The molecule has 2 aromatic carbocycles. The molecule has 0 heterocycles. The van der Waals surface area contributed by atoms with Crippen molar-refractivity contribution in [2.75, 3.05) is 12.8 Å². The molecule has 0 aliphatic carbocycles. The third-order valence-corrected chi connectivity index (χ3v) is 2.74. The SMILES string of the molecule is COC(=O)c1cc(-c2ccc(O)c(F)c2)ccc1N. The highest BCUT2D eigenvalue weighted by molar-refractivity contribution is 5.96. The van der Waals surface area contributed by atoms with Crippen molar-refractivity contribution >= 4 is 11.7 Å². The van der Waals surface area contributed by atoms with Gasteiger partial charge in [-0.1, -0.05) is 12.1 Å². The van der Waals surface area contributed by atoms with Gasteiger partial charge in [-0.3, -0.25) is 0 Å². The number of hydrogen-bond donors (Lipinski definition) is 2. The van der Waals surface area contributed by atoms with Gasteiger partial charge in [0.1, 0.15) is 0 Å². The average molecular weight is 261 g/mol. The Morgan fingerprint density at radius 3 is 2.47 bits per heavy atom. The minimum absolute atomic E-state index is 0.216. The van der Waals surface area contributed by atoms with Crippen molar-refractivity contribution in [2.24, 2.45) is 0 Å². The number of methoxy groups -OCH3 is 1. The van der Waals surface area contributed by atoms with Gasteiger partial charge in [0.2, 0.25) is 0 Å². The third-order valence-electron chi connectivity index (χ3n) is 2.74. The van der Waals surface area contributed by atoms with Crippen LogP contribution in [0, 0.1) is 5.82 Å². The van der Waals surface area contributed by atoms with E-state index in [0.717, 1.165) is 0 Å². The van der Waals surface area contributed by atoms with Gasteiger partial charge in [-0.15, -0.1) is 0 Å². The number of anilines is 1. The first-order valence-electron chi connectivity index (χ1n) is 5.49. The number of carbonyl (C=O) groups excluding carboxylic acids is 1. The number of benzene rings is 2. The lowest BCUT2D eigenvalue weighted by Crippen LogP contribution is -2.05. The summed E-state index contributed by atoms with van der Waals surface area (Å²) < 4.78 is 17.9. The van der Waals surface area contributed by atoms with Crippen LogP contribution in [-0.2, 0) is 4.74 Å². The fourth-order valence-electron chi connectivity index (χ4n) is 1.71. The van der Waals surface area contributed by atoms with Crippen molar-refractivity contribution in [3.63, 3.8) is 0 Å². The summed E-state index contributed by atoms with van der Waals surface area (Å²) in [5, 5.41) is 9.15. The molecule has 0 radical (unpaired) electrons. The number of esters is 1. The van der Waals surface area contributed by atoms with E-state index in [2.05, 4.69) is 4.74 Å². The highest BCUT2D eigenvalue weighted by atomic mass is 19.1. The van der Waals surface area contributed by atoms with Crippen molar-refractivity contribution in [1.29, 1.82) is 0 Å². The van der Waals surface area contributed by atoms with Crippen LogP contribution < -0.4 is 5.73 Å². The van der Waals surface area contributed by atoms with Crippen molar-refractivity contribution in [2.45, 2.75) is 0 Å². The predicted molar refractivity (Wildman–Crippen MR) is 69.3 cm³/mol. The van der Waals surface area contributed by atoms with E-state index in [9.17, 15) is 9.18 Å². The Morgan fingerprint density at radius 1 is 1.21 bits per heavy atom. The number of nitrogens with two attached hydrogens (primary N) is 1. The zero-order chi connectivity index (χ0) is 14.0. The monoisotopic (exact) mass is 261 g/mol. The first-order valence-corrected chi connectivity index (χ1v) is 5.49. The van der Waals surface area contributed by atoms with Crippen LogP contribution in [-0.4, -0.2) is 18.2 Å². The second-order valence-electron chi connectivity index (χ2n) is 3.96. The Hall–Kier alpha value is -2.56. The number of carbonyl (C=O) groups is 1. The maximum absolute atomic E-state index is 13.3. The number of aromatic hydroxyl groups is 1. The van der Waals surface area contributed by atoms with Crippen LogP contribution in [0.15, 0.2) is 36.4 Å². The van der Waals surface area contributed by atoms with Gasteiger partial charge in [0, 0.05) is 5.69 Å². The first-order chi connectivity index (χ1) is 9.02. The molecule has 19 heavy (non-hydrogen) atoms. The minimum atomic E-state index is -0.728. The normalized spacial score (nSPS) is 10.2. The molecule has 3 N–H and O–H groups in total. The second-order valence-corrected chi connectivity index (χ2v) is 3.96. The van der Waals surface area contributed by atoms with Gasteiger partial charge in [-0.25, -0.2) is 9.18 Å². The van der Waals surface area contributed by atoms with Crippen LogP contribution in [0.3, 0.4) is 0 Å². The van der Waals surface area contributed by atoms with Crippen LogP contribution in [0.4, 0.5) is 10.1 Å². The molecular formula is C14H12FNO3. The smallest absolute Gasteiger partial charge is 0.339 e. The number of rotatable bonds is 2. The molecule has 0 fully saturated rings. The number of nitrogen functional groups attached to an aromatic ring is 1. The molecule has 0 aliphatic rings. The molecule has 0 saturated carbocycles. The Balaban J connectivity index is 2.51. The van der Waals surface area contributed by atoms with Gasteiger partial charge in [-0.2, -0.15) is 0 Å². The van der Waals surface area contributed by atoms with Crippen LogP contribution in [0.5, 0.6) is 5.75 Å². The van der Waals surface area contributed by atoms with E-state index in [4.69, 9.17) is 10.8 Å². The lowest BCUT2D eigenvalue weighted by molar-refractivity contribution is 0.0602. The predicted octanol–water partition coefficient (Wildman–Crippen LogP) is 2.57. The van der Waals surface area contributed by atoms with Crippen molar-refractivity contribution in [1.82, 2.24) is 0 Å². The van der Waals surface area contributed by atoms with Gasteiger partial charge in [0.05, 0.1) is 12.7 Å². The summed E-state index contributed by atoms with van der Waals surface area (Å²) in [6.07, 6.45) is 0. The summed E-state index contributed by atoms with van der Waals surface area (Å²) in [4.78, 5) is 11.5. The summed E-state index contributed by atoms with van der Waals surface area (Å²) in [5.41, 5.74) is 7.32. The van der Waals surface area contributed by atoms with Crippen LogP contribution in [0.2, 0.25) is 0 Å². The van der Waals surface area contributed by atoms with E-state index in [1.54, 1.807) is 18.2 Å². The molecule has 0 spiro atoms.